The van der Waals surface area contributed by atoms with Crippen molar-refractivity contribution in [3.8, 4) is 11.5 Å². The summed E-state index contributed by atoms with van der Waals surface area (Å²) < 4.78 is 11.5. The Labute approximate surface area is 143 Å². The predicted molar refractivity (Wildman–Crippen MR) is 94.9 cm³/mol. The standard InChI is InChI=1S/C17H17N3O3S/c1-3-23-13-8-9-14-15(10-13)24-17(18-14)20-19-16(21)11-4-6-12(22-2)7-5-11/h4-10H,3H2,1-2H3,(H,18,20)(H,19,21). The number of fused-ring (bicyclic) bond motifs is 1. The first-order chi connectivity index (χ1) is 11.7. The Kier molecular flexibility index (Phi) is 4.81. The summed E-state index contributed by atoms with van der Waals surface area (Å²) in [5.41, 5.74) is 6.87. The maximum absolute atomic E-state index is 12.1. The molecule has 0 unspecified atom stereocenters. The third kappa shape index (κ3) is 3.57. The normalized spacial score (nSPS) is 10.4. The van der Waals surface area contributed by atoms with Gasteiger partial charge in [-0.3, -0.25) is 15.6 Å². The molecule has 1 amide bonds. The largest absolute Gasteiger partial charge is 0.497 e. The van der Waals surface area contributed by atoms with E-state index in [0.29, 0.717) is 23.1 Å². The molecule has 0 aliphatic rings. The number of rotatable bonds is 6. The lowest BCUT2D eigenvalue weighted by atomic mass is 10.2. The molecule has 3 aromatic rings. The molecule has 0 aliphatic heterocycles. The van der Waals surface area contributed by atoms with Crippen molar-refractivity contribution in [2.45, 2.75) is 6.92 Å². The van der Waals surface area contributed by atoms with Gasteiger partial charge in [-0.25, -0.2) is 4.98 Å². The van der Waals surface area contributed by atoms with Crippen molar-refractivity contribution < 1.29 is 14.3 Å². The van der Waals surface area contributed by atoms with Crippen LogP contribution in [0.15, 0.2) is 42.5 Å². The van der Waals surface area contributed by atoms with Crippen LogP contribution in [0.2, 0.25) is 0 Å². The van der Waals surface area contributed by atoms with Crippen molar-refractivity contribution in [3.05, 3.63) is 48.0 Å². The molecule has 7 heteroatoms. The fourth-order valence-electron chi connectivity index (χ4n) is 2.14. The average molecular weight is 343 g/mol. The number of anilines is 1. The van der Waals surface area contributed by atoms with E-state index in [0.717, 1.165) is 16.0 Å². The summed E-state index contributed by atoms with van der Waals surface area (Å²) in [6.45, 7) is 2.56. The van der Waals surface area contributed by atoms with E-state index in [4.69, 9.17) is 9.47 Å². The van der Waals surface area contributed by atoms with Crippen LogP contribution in [0.4, 0.5) is 5.13 Å². The van der Waals surface area contributed by atoms with Crippen LogP contribution in [0.5, 0.6) is 11.5 Å². The number of benzene rings is 2. The second-order valence-electron chi connectivity index (χ2n) is 4.89. The van der Waals surface area contributed by atoms with E-state index in [-0.39, 0.29) is 5.91 Å². The molecular formula is C17H17N3O3S. The summed E-state index contributed by atoms with van der Waals surface area (Å²) in [6.07, 6.45) is 0. The van der Waals surface area contributed by atoms with Crippen molar-refractivity contribution >= 4 is 32.6 Å². The zero-order chi connectivity index (χ0) is 16.9. The molecule has 0 aliphatic carbocycles. The number of methoxy groups -OCH3 is 1. The number of carbonyl (C=O) groups excluding carboxylic acids is 1. The Bertz CT molecular complexity index is 846. The number of thiazole rings is 1. The van der Waals surface area contributed by atoms with Gasteiger partial charge in [-0.15, -0.1) is 0 Å². The molecule has 0 fully saturated rings. The second kappa shape index (κ2) is 7.18. The van der Waals surface area contributed by atoms with E-state index in [2.05, 4.69) is 15.8 Å². The van der Waals surface area contributed by atoms with Crippen LogP contribution in [0.1, 0.15) is 17.3 Å². The number of carbonyl (C=O) groups is 1. The Morgan fingerprint density at radius 2 is 1.92 bits per heavy atom. The third-order valence-electron chi connectivity index (χ3n) is 3.31. The molecule has 0 bridgehead atoms. The highest BCUT2D eigenvalue weighted by atomic mass is 32.1. The smallest absolute Gasteiger partial charge is 0.269 e. The van der Waals surface area contributed by atoms with Crippen LogP contribution >= 0.6 is 11.3 Å². The van der Waals surface area contributed by atoms with Crippen LogP contribution in [0.3, 0.4) is 0 Å². The van der Waals surface area contributed by atoms with Crippen molar-refractivity contribution in [1.29, 1.82) is 0 Å². The van der Waals surface area contributed by atoms with Gasteiger partial charge >= 0.3 is 0 Å². The van der Waals surface area contributed by atoms with Crippen molar-refractivity contribution in [2.75, 3.05) is 19.1 Å². The maximum Gasteiger partial charge on any atom is 0.269 e. The molecule has 0 atom stereocenters. The van der Waals surface area contributed by atoms with Crippen LogP contribution in [0.25, 0.3) is 10.2 Å². The van der Waals surface area contributed by atoms with Gasteiger partial charge in [0.25, 0.3) is 5.91 Å². The predicted octanol–water partition coefficient (Wildman–Crippen LogP) is 3.46. The lowest BCUT2D eigenvalue weighted by Gasteiger charge is -2.06. The van der Waals surface area contributed by atoms with E-state index >= 15 is 0 Å². The number of nitrogens with zero attached hydrogens (tertiary/aromatic N) is 1. The maximum atomic E-state index is 12.1. The second-order valence-corrected chi connectivity index (χ2v) is 5.92. The molecule has 24 heavy (non-hydrogen) atoms. The van der Waals surface area contributed by atoms with Gasteiger partial charge in [-0.05, 0) is 49.4 Å². The van der Waals surface area contributed by atoms with E-state index in [1.165, 1.54) is 11.3 Å². The average Bonchev–Trinajstić information content (AvgIpc) is 3.02. The van der Waals surface area contributed by atoms with E-state index < -0.39 is 0 Å². The molecule has 124 valence electrons. The number of hydrogen-bond donors (Lipinski definition) is 2. The molecular weight excluding hydrogens is 326 g/mol. The molecule has 0 spiro atoms. The third-order valence-corrected chi connectivity index (χ3v) is 4.24. The molecule has 0 saturated heterocycles. The Hall–Kier alpha value is -2.80. The quantitative estimate of drug-likeness (QED) is 0.671. The Morgan fingerprint density at radius 3 is 2.62 bits per heavy atom. The summed E-state index contributed by atoms with van der Waals surface area (Å²) in [7, 11) is 1.58. The summed E-state index contributed by atoms with van der Waals surface area (Å²) in [6, 6.07) is 12.6. The van der Waals surface area contributed by atoms with Crippen molar-refractivity contribution in [3.63, 3.8) is 0 Å². The SMILES string of the molecule is CCOc1ccc2nc(NNC(=O)c3ccc(OC)cc3)sc2c1. The summed E-state index contributed by atoms with van der Waals surface area (Å²) >= 11 is 1.44. The zero-order valence-electron chi connectivity index (χ0n) is 13.3. The van der Waals surface area contributed by atoms with Gasteiger partial charge in [0.15, 0.2) is 0 Å². The highest BCUT2D eigenvalue weighted by Gasteiger charge is 2.08. The molecule has 3 rings (SSSR count). The minimum atomic E-state index is -0.244. The number of hydrazine groups is 1. The Morgan fingerprint density at radius 1 is 1.17 bits per heavy atom. The van der Waals surface area contributed by atoms with Gasteiger partial charge in [0.2, 0.25) is 5.13 Å². The van der Waals surface area contributed by atoms with E-state index in [9.17, 15) is 4.79 Å². The molecule has 1 heterocycles. The van der Waals surface area contributed by atoms with Crippen LogP contribution in [-0.4, -0.2) is 24.6 Å². The first-order valence-corrected chi connectivity index (χ1v) is 8.25. The van der Waals surface area contributed by atoms with Gasteiger partial charge in [0.1, 0.15) is 11.5 Å². The molecule has 1 aromatic heterocycles. The monoisotopic (exact) mass is 343 g/mol. The van der Waals surface area contributed by atoms with Crippen molar-refractivity contribution in [1.82, 2.24) is 10.4 Å². The number of hydrogen-bond acceptors (Lipinski definition) is 6. The first-order valence-electron chi connectivity index (χ1n) is 7.43. The van der Waals surface area contributed by atoms with E-state index in [1.54, 1.807) is 31.4 Å². The fraction of sp³-hybridized carbons (Fsp3) is 0.176. The minimum Gasteiger partial charge on any atom is -0.497 e. The van der Waals surface area contributed by atoms with Gasteiger partial charge in [0.05, 0.1) is 23.9 Å². The summed E-state index contributed by atoms with van der Waals surface area (Å²) in [4.78, 5) is 16.5. The van der Waals surface area contributed by atoms with Crippen LogP contribution < -0.4 is 20.3 Å². The highest BCUT2D eigenvalue weighted by Crippen LogP contribution is 2.28. The van der Waals surface area contributed by atoms with Crippen LogP contribution in [-0.2, 0) is 0 Å². The molecule has 2 aromatic carbocycles. The summed E-state index contributed by atoms with van der Waals surface area (Å²) in [5, 5.41) is 0.612. The topological polar surface area (TPSA) is 72.5 Å². The Balaban J connectivity index is 1.67. The summed E-state index contributed by atoms with van der Waals surface area (Å²) in [5.74, 6) is 1.27. The molecule has 0 saturated carbocycles. The molecule has 6 nitrogen and oxygen atoms in total. The van der Waals surface area contributed by atoms with Gasteiger partial charge in [-0.1, -0.05) is 11.3 Å². The highest BCUT2D eigenvalue weighted by molar-refractivity contribution is 7.22. The number of aromatic nitrogens is 1. The number of amides is 1. The van der Waals surface area contributed by atoms with Crippen molar-refractivity contribution in [2.24, 2.45) is 0 Å². The van der Waals surface area contributed by atoms with Gasteiger partial charge in [-0.2, -0.15) is 0 Å². The van der Waals surface area contributed by atoms with E-state index in [1.807, 2.05) is 25.1 Å². The number of nitrogens with one attached hydrogen (secondary N) is 2. The fourth-order valence-corrected chi connectivity index (χ4v) is 2.99. The lowest BCUT2D eigenvalue weighted by Crippen LogP contribution is -2.29. The number of ether oxygens (including phenoxy) is 2. The molecule has 0 radical (unpaired) electrons. The minimum absolute atomic E-state index is 0.244. The zero-order valence-corrected chi connectivity index (χ0v) is 14.1. The van der Waals surface area contributed by atoms with Gasteiger partial charge < -0.3 is 9.47 Å². The van der Waals surface area contributed by atoms with Gasteiger partial charge in [0, 0.05) is 5.56 Å². The van der Waals surface area contributed by atoms with Crippen LogP contribution in [0, 0.1) is 0 Å². The lowest BCUT2D eigenvalue weighted by molar-refractivity contribution is 0.0962. The molecule has 2 N–H and O–H groups in total. The first kappa shape index (κ1) is 16.1.